The Labute approximate surface area is 179 Å². The number of benzene rings is 2. The highest BCUT2D eigenvalue weighted by Gasteiger charge is 2.29. The molecule has 4 N–H and O–H groups in total. The van der Waals surface area contributed by atoms with E-state index in [1.54, 1.807) is 0 Å². The number of methoxy groups -OCH3 is 1. The summed E-state index contributed by atoms with van der Waals surface area (Å²) < 4.78 is 10.4. The van der Waals surface area contributed by atoms with Crippen molar-refractivity contribution in [2.24, 2.45) is 0 Å². The molecule has 0 heterocycles. The Bertz CT molecular complexity index is 917. The largest absolute Gasteiger partial charge is 0.480 e. The van der Waals surface area contributed by atoms with Crippen LogP contribution in [-0.4, -0.2) is 67.2 Å². The van der Waals surface area contributed by atoms with Gasteiger partial charge in [-0.1, -0.05) is 48.5 Å². The first kappa shape index (κ1) is 22.3. The molecule has 2 amide bonds. The summed E-state index contributed by atoms with van der Waals surface area (Å²) in [5.41, 5.74) is 4.38. The molecule has 0 spiro atoms. The first-order chi connectivity index (χ1) is 15.0. The SMILES string of the molecule is COC(CNC(=O)OCC1c2ccccc2-c2ccccc21)C(=O)N[C@@H](CO)C(=O)O. The molecule has 31 heavy (non-hydrogen) atoms. The Balaban J connectivity index is 1.56. The zero-order valence-electron chi connectivity index (χ0n) is 16.9. The van der Waals surface area contributed by atoms with E-state index in [4.69, 9.17) is 19.7 Å². The van der Waals surface area contributed by atoms with Crippen LogP contribution in [0.25, 0.3) is 11.1 Å². The molecular formula is C22H24N2O7. The molecule has 2 aromatic carbocycles. The fraction of sp³-hybridized carbons (Fsp3) is 0.318. The summed E-state index contributed by atoms with van der Waals surface area (Å²) in [5.74, 6) is -2.25. The van der Waals surface area contributed by atoms with Gasteiger partial charge in [-0.05, 0) is 22.3 Å². The summed E-state index contributed by atoms with van der Waals surface area (Å²) in [6, 6.07) is 14.4. The van der Waals surface area contributed by atoms with Gasteiger partial charge < -0.3 is 30.3 Å². The molecule has 1 aliphatic rings. The third-order valence-corrected chi connectivity index (χ3v) is 5.15. The molecule has 1 aliphatic carbocycles. The van der Waals surface area contributed by atoms with Gasteiger partial charge in [0.25, 0.3) is 5.91 Å². The maximum Gasteiger partial charge on any atom is 0.407 e. The zero-order valence-corrected chi connectivity index (χ0v) is 16.9. The van der Waals surface area contributed by atoms with Crippen molar-refractivity contribution in [1.82, 2.24) is 10.6 Å². The molecule has 0 bridgehead atoms. The molecule has 1 unspecified atom stereocenters. The molecular weight excluding hydrogens is 404 g/mol. The summed E-state index contributed by atoms with van der Waals surface area (Å²) in [5, 5.41) is 22.5. The molecule has 164 valence electrons. The number of fused-ring (bicyclic) bond motifs is 3. The molecule has 9 nitrogen and oxygen atoms in total. The number of carboxylic acids is 1. The third kappa shape index (κ3) is 5.01. The Hall–Kier alpha value is -3.43. The second-order valence-corrected chi connectivity index (χ2v) is 7.01. The van der Waals surface area contributed by atoms with Crippen LogP contribution in [0.1, 0.15) is 17.0 Å². The lowest BCUT2D eigenvalue weighted by atomic mass is 9.98. The van der Waals surface area contributed by atoms with Crippen LogP contribution in [-0.2, 0) is 19.1 Å². The molecule has 0 aromatic heterocycles. The van der Waals surface area contributed by atoms with Gasteiger partial charge >= 0.3 is 12.1 Å². The van der Waals surface area contributed by atoms with Crippen molar-refractivity contribution in [2.45, 2.75) is 18.1 Å². The number of nitrogens with one attached hydrogen (secondary N) is 2. The topological polar surface area (TPSA) is 134 Å². The van der Waals surface area contributed by atoms with Gasteiger partial charge in [0.1, 0.15) is 12.6 Å². The first-order valence-corrected chi connectivity index (χ1v) is 9.72. The fourth-order valence-corrected chi connectivity index (χ4v) is 3.56. The maximum absolute atomic E-state index is 12.2. The smallest absolute Gasteiger partial charge is 0.407 e. The van der Waals surface area contributed by atoms with Gasteiger partial charge in [-0.2, -0.15) is 0 Å². The maximum atomic E-state index is 12.2. The van der Waals surface area contributed by atoms with Gasteiger partial charge in [-0.15, -0.1) is 0 Å². The quantitative estimate of drug-likeness (QED) is 0.470. The first-order valence-electron chi connectivity index (χ1n) is 9.72. The fourth-order valence-electron chi connectivity index (χ4n) is 3.56. The highest BCUT2D eigenvalue weighted by atomic mass is 16.5. The van der Waals surface area contributed by atoms with Crippen molar-refractivity contribution in [3.05, 3.63) is 59.7 Å². The Morgan fingerprint density at radius 1 is 1.03 bits per heavy atom. The van der Waals surface area contributed by atoms with Crippen LogP contribution in [0.2, 0.25) is 0 Å². The number of alkyl carbamates (subject to hydrolysis) is 1. The van der Waals surface area contributed by atoms with E-state index >= 15 is 0 Å². The summed E-state index contributed by atoms with van der Waals surface area (Å²) in [4.78, 5) is 35.2. The summed E-state index contributed by atoms with van der Waals surface area (Å²) in [6.45, 7) is -0.872. The van der Waals surface area contributed by atoms with E-state index in [9.17, 15) is 14.4 Å². The van der Waals surface area contributed by atoms with Crippen LogP contribution in [0, 0.1) is 0 Å². The number of aliphatic hydroxyl groups is 1. The van der Waals surface area contributed by atoms with E-state index in [-0.39, 0.29) is 19.1 Å². The zero-order chi connectivity index (χ0) is 22.4. The van der Waals surface area contributed by atoms with Crippen LogP contribution in [0.3, 0.4) is 0 Å². The van der Waals surface area contributed by atoms with Crippen molar-refractivity contribution in [1.29, 1.82) is 0 Å². The summed E-state index contributed by atoms with van der Waals surface area (Å²) >= 11 is 0. The molecule has 3 rings (SSSR count). The van der Waals surface area contributed by atoms with Crippen LogP contribution in [0.4, 0.5) is 4.79 Å². The van der Waals surface area contributed by atoms with E-state index < -0.39 is 36.7 Å². The highest BCUT2D eigenvalue weighted by Crippen LogP contribution is 2.44. The van der Waals surface area contributed by atoms with Gasteiger partial charge in [-0.3, -0.25) is 4.79 Å². The number of amides is 2. The number of aliphatic hydroxyl groups excluding tert-OH is 1. The number of hydrogen-bond acceptors (Lipinski definition) is 6. The average molecular weight is 428 g/mol. The van der Waals surface area contributed by atoms with Gasteiger partial charge in [-0.25, -0.2) is 9.59 Å². The number of carboxylic acid groups (broad SMARTS) is 1. The van der Waals surface area contributed by atoms with E-state index in [1.165, 1.54) is 7.11 Å². The number of rotatable bonds is 9. The lowest BCUT2D eigenvalue weighted by Crippen LogP contribution is -2.50. The van der Waals surface area contributed by atoms with E-state index in [1.807, 2.05) is 48.5 Å². The summed E-state index contributed by atoms with van der Waals surface area (Å²) in [6.07, 6.45) is -1.87. The van der Waals surface area contributed by atoms with Gasteiger partial charge in [0.05, 0.1) is 13.2 Å². The minimum absolute atomic E-state index is 0.0967. The van der Waals surface area contributed by atoms with Gasteiger partial charge in [0.15, 0.2) is 6.10 Å². The minimum atomic E-state index is -1.46. The molecule has 0 saturated carbocycles. The second kappa shape index (κ2) is 10.1. The van der Waals surface area contributed by atoms with Crippen molar-refractivity contribution in [3.63, 3.8) is 0 Å². The molecule has 0 aliphatic heterocycles. The number of carbonyl (C=O) groups is 3. The second-order valence-electron chi connectivity index (χ2n) is 7.01. The lowest BCUT2D eigenvalue weighted by Gasteiger charge is -2.19. The van der Waals surface area contributed by atoms with Crippen LogP contribution in [0.15, 0.2) is 48.5 Å². The third-order valence-electron chi connectivity index (χ3n) is 5.15. The number of aliphatic carboxylic acids is 1. The normalized spacial score (nSPS) is 14.1. The van der Waals surface area contributed by atoms with Crippen LogP contribution < -0.4 is 10.6 Å². The van der Waals surface area contributed by atoms with Gasteiger partial charge in [0.2, 0.25) is 0 Å². The lowest BCUT2D eigenvalue weighted by molar-refractivity contribution is -0.144. The summed E-state index contributed by atoms with van der Waals surface area (Å²) in [7, 11) is 1.25. The van der Waals surface area contributed by atoms with E-state index in [0.717, 1.165) is 22.3 Å². The molecule has 0 fully saturated rings. The Morgan fingerprint density at radius 3 is 2.13 bits per heavy atom. The average Bonchev–Trinajstić information content (AvgIpc) is 3.10. The molecule has 0 radical (unpaired) electrons. The van der Waals surface area contributed by atoms with Crippen LogP contribution in [0.5, 0.6) is 0 Å². The number of ether oxygens (including phenoxy) is 2. The number of hydrogen-bond donors (Lipinski definition) is 4. The highest BCUT2D eigenvalue weighted by molar-refractivity contribution is 5.87. The predicted octanol–water partition coefficient (Wildman–Crippen LogP) is 1.10. The molecule has 2 aromatic rings. The minimum Gasteiger partial charge on any atom is -0.480 e. The van der Waals surface area contributed by atoms with Crippen molar-refractivity contribution in [2.75, 3.05) is 26.9 Å². The standard InChI is InChI=1S/C22H24N2O7/c1-30-19(20(26)24-18(11-25)21(27)28)10-23-22(29)31-12-17-15-8-4-2-6-13(15)14-7-3-5-9-16(14)17/h2-9,17-19,25H,10-12H2,1H3,(H,23,29)(H,24,26)(H,27,28)/t18-,19?/m0/s1. The van der Waals surface area contributed by atoms with E-state index in [2.05, 4.69) is 10.6 Å². The predicted molar refractivity (Wildman–Crippen MR) is 111 cm³/mol. The number of carbonyl (C=O) groups excluding carboxylic acids is 2. The molecule has 2 atom stereocenters. The van der Waals surface area contributed by atoms with Crippen molar-refractivity contribution >= 4 is 18.0 Å². The van der Waals surface area contributed by atoms with Crippen molar-refractivity contribution < 1.29 is 34.1 Å². The van der Waals surface area contributed by atoms with Gasteiger partial charge in [0, 0.05) is 13.0 Å². The Morgan fingerprint density at radius 2 is 1.61 bits per heavy atom. The monoisotopic (exact) mass is 428 g/mol. The van der Waals surface area contributed by atoms with Crippen LogP contribution >= 0.6 is 0 Å². The molecule has 9 heteroatoms. The van der Waals surface area contributed by atoms with E-state index in [0.29, 0.717) is 0 Å². The molecule has 0 saturated heterocycles. The van der Waals surface area contributed by atoms with Crippen molar-refractivity contribution in [3.8, 4) is 11.1 Å². The Kier molecular flexibility index (Phi) is 7.22.